The van der Waals surface area contributed by atoms with E-state index in [4.69, 9.17) is 21.1 Å². The van der Waals surface area contributed by atoms with Gasteiger partial charge in [0.15, 0.2) is 6.61 Å². The lowest BCUT2D eigenvalue weighted by molar-refractivity contribution is -0.124. The zero-order chi connectivity index (χ0) is 17.1. The van der Waals surface area contributed by atoms with Crippen LogP contribution in [-0.2, 0) is 4.79 Å². The van der Waals surface area contributed by atoms with Gasteiger partial charge in [-0.25, -0.2) is 0 Å². The summed E-state index contributed by atoms with van der Waals surface area (Å²) in [4.78, 5) is 12.2. The van der Waals surface area contributed by atoms with Gasteiger partial charge in [-0.1, -0.05) is 29.8 Å². The molecule has 0 saturated carbocycles. The average Bonchev–Trinajstić information content (AvgIpc) is 2.58. The van der Waals surface area contributed by atoms with Gasteiger partial charge in [-0.05, 0) is 43.2 Å². The number of carbonyl (C=O) groups excluding carboxylic acids is 1. The Bertz CT molecular complexity index is 737. The predicted octanol–water partition coefficient (Wildman–Crippen LogP) is 3.98. The normalized spacial score (nSPS) is 16.0. The van der Waals surface area contributed by atoms with Crippen molar-refractivity contribution in [2.75, 3.05) is 13.2 Å². The summed E-state index contributed by atoms with van der Waals surface area (Å²) in [5.41, 5.74) is 2.88. The van der Waals surface area contributed by atoms with Crippen molar-refractivity contribution in [3.05, 3.63) is 58.1 Å². The topological polar surface area (TPSA) is 47.6 Å². The molecule has 4 nitrogen and oxygen atoms in total. The minimum absolute atomic E-state index is 0.0277. The summed E-state index contributed by atoms with van der Waals surface area (Å²) >= 11 is 6.14. The van der Waals surface area contributed by atoms with Crippen molar-refractivity contribution in [3.8, 4) is 11.5 Å². The van der Waals surface area contributed by atoms with E-state index in [1.807, 2.05) is 50.2 Å². The second kappa shape index (κ2) is 7.14. The van der Waals surface area contributed by atoms with Crippen LogP contribution in [0.15, 0.2) is 36.4 Å². The van der Waals surface area contributed by atoms with Gasteiger partial charge in [-0.15, -0.1) is 0 Å². The lowest BCUT2D eigenvalue weighted by Gasteiger charge is -2.26. The monoisotopic (exact) mass is 345 g/mol. The molecule has 0 spiro atoms. The Hall–Kier alpha value is -2.20. The highest BCUT2D eigenvalue weighted by atomic mass is 35.5. The number of nitrogens with one attached hydrogen (secondary N) is 1. The summed E-state index contributed by atoms with van der Waals surface area (Å²) in [6.07, 6.45) is 0.752. The van der Waals surface area contributed by atoms with Crippen LogP contribution in [0.4, 0.5) is 0 Å². The smallest absolute Gasteiger partial charge is 0.258 e. The summed E-state index contributed by atoms with van der Waals surface area (Å²) in [5, 5.41) is 3.74. The molecule has 1 aliphatic heterocycles. The lowest BCUT2D eigenvalue weighted by atomic mass is 10.0. The van der Waals surface area contributed by atoms with Crippen LogP contribution < -0.4 is 14.8 Å². The van der Waals surface area contributed by atoms with Crippen molar-refractivity contribution >= 4 is 17.5 Å². The molecule has 24 heavy (non-hydrogen) atoms. The van der Waals surface area contributed by atoms with E-state index in [1.54, 1.807) is 0 Å². The van der Waals surface area contributed by atoms with E-state index in [1.165, 1.54) is 0 Å². The minimum Gasteiger partial charge on any atom is -0.493 e. The third kappa shape index (κ3) is 3.65. The van der Waals surface area contributed by atoms with Gasteiger partial charge in [0.25, 0.3) is 5.91 Å². The number of aryl methyl sites for hydroxylation is 2. The molecule has 3 rings (SSSR count). The standard InChI is InChI=1S/C19H20ClNO3/c1-12-9-14(10-13(2)19(12)20)24-11-18(22)21-16-7-8-23-17-6-4-3-5-15(16)17/h3-6,9-10,16H,7-8,11H2,1-2H3,(H,21,22). The van der Waals surface area contributed by atoms with Crippen LogP contribution in [0.1, 0.15) is 29.2 Å². The van der Waals surface area contributed by atoms with Crippen LogP contribution in [0.5, 0.6) is 11.5 Å². The molecule has 0 aromatic heterocycles. The summed E-state index contributed by atoms with van der Waals surface area (Å²) in [6.45, 7) is 4.40. The number of carbonyl (C=O) groups is 1. The van der Waals surface area contributed by atoms with Gasteiger partial charge in [0.2, 0.25) is 0 Å². The van der Waals surface area contributed by atoms with Crippen molar-refractivity contribution in [1.82, 2.24) is 5.32 Å². The first kappa shape index (κ1) is 16.7. The molecule has 1 amide bonds. The fourth-order valence-corrected chi connectivity index (χ4v) is 2.98. The Kier molecular flexibility index (Phi) is 4.95. The van der Waals surface area contributed by atoms with E-state index in [2.05, 4.69) is 5.32 Å². The molecule has 1 heterocycles. The van der Waals surface area contributed by atoms with Crippen LogP contribution >= 0.6 is 11.6 Å². The molecule has 1 N–H and O–H groups in total. The third-order valence-electron chi connectivity index (χ3n) is 4.07. The van der Waals surface area contributed by atoms with E-state index in [0.717, 1.165) is 33.9 Å². The fraction of sp³-hybridized carbons (Fsp3) is 0.316. The molecular formula is C19H20ClNO3. The maximum absolute atomic E-state index is 12.2. The van der Waals surface area contributed by atoms with Crippen molar-refractivity contribution < 1.29 is 14.3 Å². The van der Waals surface area contributed by atoms with Gasteiger partial charge in [0.05, 0.1) is 12.6 Å². The van der Waals surface area contributed by atoms with Gasteiger partial charge in [-0.2, -0.15) is 0 Å². The summed E-state index contributed by atoms with van der Waals surface area (Å²) in [7, 11) is 0. The maximum Gasteiger partial charge on any atom is 0.258 e. The number of rotatable bonds is 4. The molecule has 126 valence electrons. The van der Waals surface area contributed by atoms with Crippen molar-refractivity contribution in [3.63, 3.8) is 0 Å². The molecule has 5 heteroatoms. The molecule has 2 aromatic carbocycles. The van der Waals surface area contributed by atoms with E-state index in [-0.39, 0.29) is 18.6 Å². The molecule has 2 aromatic rings. The van der Waals surface area contributed by atoms with Gasteiger partial charge in [0.1, 0.15) is 11.5 Å². The second-order valence-corrected chi connectivity index (χ2v) is 6.33. The molecule has 0 saturated heterocycles. The number of fused-ring (bicyclic) bond motifs is 1. The Balaban J connectivity index is 1.61. The van der Waals surface area contributed by atoms with Crippen molar-refractivity contribution in [2.24, 2.45) is 0 Å². The molecule has 0 radical (unpaired) electrons. The van der Waals surface area contributed by atoms with Crippen molar-refractivity contribution in [1.29, 1.82) is 0 Å². The van der Waals surface area contributed by atoms with E-state index in [0.29, 0.717) is 12.4 Å². The summed E-state index contributed by atoms with van der Waals surface area (Å²) < 4.78 is 11.2. The van der Waals surface area contributed by atoms with Crippen LogP contribution in [0.25, 0.3) is 0 Å². The van der Waals surface area contributed by atoms with Crippen LogP contribution in [0, 0.1) is 13.8 Å². The highest BCUT2D eigenvalue weighted by Crippen LogP contribution is 2.31. The van der Waals surface area contributed by atoms with Crippen LogP contribution in [-0.4, -0.2) is 19.1 Å². The molecule has 1 atom stereocenters. The molecule has 0 fully saturated rings. The molecule has 0 aliphatic carbocycles. The number of para-hydroxylation sites is 1. The summed E-state index contributed by atoms with van der Waals surface area (Å²) in [6, 6.07) is 11.4. The number of halogens is 1. The second-order valence-electron chi connectivity index (χ2n) is 5.95. The number of amides is 1. The van der Waals surface area contributed by atoms with Gasteiger partial charge >= 0.3 is 0 Å². The first-order valence-electron chi connectivity index (χ1n) is 7.95. The SMILES string of the molecule is Cc1cc(OCC(=O)NC2CCOc3ccccc32)cc(C)c1Cl. The van der Waals surface area contributed by atoms with E-state index >= 15 is 0 Å². The zero-order valence-corrected chi connectivity index (χ0v) is 14.5. The predicted molar refractivity (Wildman–Crippen MR) is 93.9 cm³/mol. The Morgan fingerprint density at radius 2 is 2.00 bits per heavy atom. The van der Waals surface area contributed by atoms with Crippen molar-refractivity contribution in [2.45, 2.75) is 26.3 Å². The highest BCUT2D eigenvalue weighted by Gasteiger charge is 2.22. The number of hydrogen-bond donors (Lipinski definition) is 1. The minimum atomic E-state index is -0.151. The average molecular weight is 346 g/mol. The molecule has 0 bridgehead atoms. The lowest BCUT2D eigenvalue weighted by Crippen LogP contribution is -2.35. The van der Waals surface area contributed by atoms with Gasteiger partial charge < -0.3 is 14.8 Å². The largest absolute Gasteiger partial charge is 0.493 e. The molecular weight excluding hydrogens is 326 g/mol. The first-order valence-corrected chi connectivity index (χ1v) is 8.33. The molecule has 1 unspecified atom stereocenters. The Labute approximate surface area is 146 Å². The van der Waals surface area contributed by atoms with E-state index in [9.17, 15) is 4.79 Å². The van der Waals surface area contributed by atoms with Gasteiger partial charge in [-0.3, -0.25) is 4.79 Å². The van der Waals surface area contributed by atoms with Crippen LogP contribution in [0.3, 0.4) is 0 Å². The highest BCUT2D eigenvalue weighted by molar-refractivity contribution is 6.32. The van der Waals surface area contributed by atoms with Crippen LogP contribution in [0.2, 0.25) is 5.02 Å². The van der Waals surface area contributed by atoms with E-state index < -0.39 is 0 Å². The number of ether oxygens (including phenoxy) is 2. The summed E-state index contributed by atoms with van der Waals surface area (Å²) in [5.74, 6) is 1.33. The number of hydrogen-bond acceptors (Lipinski definition) is 3. The number of benzene rings is 2. The maximum atomic E-state index is 12.2. The Morgan fingerprint density at radius 1 is 1.29 bits per heavy atom. The zero-order valence-electron chi connectivity index (χ0n) is 13.8. The van der Waals surface area contributed by atoms with Gasteiger partial charge in [0, 0.05) is 17.0 Å². The molecule has 1 aliphatic rings. The third-order valence-corrected chi connectivity index (χ3v) is 4.67. The quantitative estimate of drug-likeness (QED) is 0.911. The first-order chi connectivity index (χ1) is 11.5. The Morgan fingerprint density at radius 3 is 2.75 bits per heavy atom. The fourth-order valence-electron chi connectivity index (χ4n) is 2.87.